The molecule has 2 rings (SSSR count). The third-order valence-corrected chi connectivity index (χ3v) is 3.77. The Morgan fingerprint density at radius 2 is 1.81 bits per heavy atom. The highest BCUT2D eigenvalue weighted by molar-refractivity contribution is 9.10. The van der Waals surface area contributed by atoms with E-state index in [1.807, 2.05) is 51.1 Å². The minimum absolute atomic E-state index is 0.122. The van der Waals surface area contributed by atoms with Gasteiger partial charge in [0, 0.05) is 0 Å². The van der Waals surface area contributed by atoms with Crippen LogP contribution in [0.1, 0.15) is 16.7 Å². The summed E-state index contributed by atoms with van der Waals surface area (Å²) in [4.78, 5) is 11.8. The van der Waals surface area contributed by atoms with E-state index in [2.05, 4.69) is 15.9 Å². The van der Waals surface area contributed by atoms with Gasteiger partial charge >= 0.3 is 5.97 Å². The second kappa shape index (κ2) is 6.76. The Balaban J connectivity index is 1.94. The summed E-state index contributed by atoms with van der Waals surface area (Å²) < 4.78 is 11.5. The summed E-state index contributed by atoms with van der Waals surface area (Å²) in [6, 6.07) is 11.3. The maximum Gasteiger partial charge on any atom is 0.349 e. The van der Waals surface area contributed by atoms with Gasteiger partial charge in [0.2, 0.25) is 0 Å². The van der Waals surface area contributed by atoms with Gasteiger partial charge in [0.1, 0.15) is 11.5 Å². The number of rotatable bonds is 4. The number of carbonyl (C=O) groups excluding carboxylic acids is 1. The molecule has 110 valence electrons. The van der Waals surface area contributed by atoms with Crippen LogP contribution >= 0.6 is 15.9 Å². The topological polar surface area (TPSA) is 35.5 Å². The first-order chi connectivity index (χ1) is 9.95. The molecule has 0 unspecified atom stereocenters. The third kappa shape index (κ3) is 4.33. The summed E-state index contributed by atoms with van der Waals surface area (Å²) in [7, 11) is 0. The molecule has 0 bridgehead atoms. The van der Waals surface area contributed by atoms with Crippen LogP contribution in [0.2, 0.25) is 0 Å². The highest BCUT2D eigenvalue weighted by Crippen LogP contribution is 2.26. The van der Waals surface area contributed by atoms with Crippen LogP contribution in [0.3, 0.4) is 0 Å². The van der Waals surface area contributed by atoms with Gasteiger partial charge in [-0.05, 0) is 77.7 Å². The molecule has 4 heteroatoms. The number of aryl methyl sites for hydroxylation is 3. The van der Waals surface area contributed by atoms with Gasteiger partial charge in [0.05, 0.1) is 4.47 Å². The molecule has 0 atom stereocenters. The molecule has 21 heavy (non-hydrogen) atoms. The lowest BCUT2D eigenvalue weighted by Gasteiger charge is -2.09. The first-order valence-corrected chi connectivity index (χ1v) is 7.42. The summed E-state index contributed by atoms with van der Waals surface area (Å²) in [5, 5.41) is 0. The first kappa shape index (κ1) is 15.6. The van der Waals surface area contributed by atoms with Crippen LogP contribution in [0, 0.1) is 20.8 Å². The van der Waals surface area contributed by atoms with Crippen LogP contribution in [0.25, 0.3) is 0 Å². The van der Waals surface area contributed by atoms with Gasteiger partial charge in [-0.1, -0.05) is 12.1 Å². The number of benzene rings is 2. The van der Waals surface area contributed by atoms with Gasteiger partial charge in [0.15, 0.2) is 6.61 Å². The van der Waals surface area contributed by atoms with Crippen molar-refractivity contribution >= 4 is 21.9 Å². The van der Waals surface area contributed by atoms with Gasteiger partial charge in [-0.2, -0.15) is 0 Å². The smallest absolute Gasteiger partial charge is 0.349 e. The minimum atomic E-state index is -0.433. The molecule has 0 spiro atoms. The molecule has 0 saturated carbocycles. The monoisotopic (exact) mass is 348 g/mol. The molecule has 2 aromatic rings. The molecular weight excluding hydrogens is 332 g/mol. The molecule has 0 amide bonds. The summed E-state index contributed by atoms with van der Waals surface area (Å²) in [5.41, 5.74) is 3.41. The second-order valence-corrected chi connectivity index (χ2v) is 5.80. The molecule has 0 aromatic heterocycles. The van der Waals surface area contributed by atoms with Crippen LogP contribution in [0.5, 0.6) is 11.5 Å². The molecule has 0 aliphatic rings. The van der Waals surface area contributed by atoms with E-state index in [9.17, 15) is 4.79 Å². The van der Waals surface area contributed by atoms with Gasteiger partial charge in [-0.15, -0.1) is 0 Å². The van der Waals surface area contributed by atoms with E-state index in [0.717, 1.165) is 15.6 Å². The molecule has 3 nitrogen and oxygen atoms in total. The number of ether oxygens (including phenoxy) is 2. The lowest BCUT2D eigenvalue weighted by Crippen LogP contribution is -2.18. The van der Waals surface area contributed by atoms with Crippen molar-refractivity contribution in [1.82, 2.24) is 0 Å². The SMILES string of the molecule is Cc1ccc(OC(=O)COc2ccc(C)c(C)c2)c(Br)c1. The van der Waals surface area contributed by atoms with Crippen LogP contribution in [-0.4, -0.2) is 12.6 Å². The number of carbonyl (C=O) groups is 1. The fourth-order valence-corrected chi connectivity index (χ4v) is 2.36. The van der Waals surface area contributed by atoms with Gasteiger partial charge in [0.25, 0.3) is 0 Å². The van der Waals surface area contributed by atoms with E-state index in [1.54, 1.807) is 6.07 Å². The molecule has 0 N–H and O–H groups in total. The van der Waals surface area contributed by atoms with Crippen molar-refractivity contribution in [1.29, 1.82) is 0 Å². The van der Waals surface area contributed by atoms with E-state index in [1.165, 1.54) is 5.56 Å². The van der Waals surface area contributed by atoms with E-state index in [4.69, 9.17) is 9.47 Å². The summed E-state index contributed by atoms with van der Waals surface area (Å²) in [6.45, 7) is 5.88. The number of hydrogen-bond donors (Lipinski definition) is 0. The van der Waals surface area contributed by atoms with Crippen molar-refractivity contribution in [3.8, 4) is 11.5 Å². The quantitative estimate of drug-likeness (QED) is 0.608. The molecule has 0 aliphatic carbocycles. The van der Waals surface area contributed by atoms with Gasteiger partial charge in [-0.25, -0.2) is 4.79 Å². The Labute approximate surface area is 133 Å². The van der Waals surface area contributed by atoms with Gasteiger partial charge in [-0.3, -0.25) is 0 Å². The van der Waals surface area contributed by atoms with Crippen molar-refractivity contribution < 1.29 is 14.3 Å². The Hall–Kier alpha value is -1.81. The van der Waals surface area contributed by atoms with Crippen molar-refractivity contribution in [2.24, 2.45) is 0 Å². The predicted octanol–water partition coefficient (Wildman–Crippen LogP) is 4.36. The van der Waals surface area contributed by atoms with Crippen molar-refractivity contribution in [2.75, 3.05) is 6.61 Å². The zero-order valence-electron chi connectivity index (χ0n) is 12.3. The third-order valence-electron chi connectivity index (χ3n) is 3.15. The fraction of sp³-hybridized carbons (Fsp3) is 0.235. The maximum absolute atomic E-state index is 11.8. The van der Waals surface area contributed by atoms with Crippen molar-refractivity contribution in [2.45, 2.75) is 20.8 Å². The Morgan fingerprint density at radius 3 is 2.48 bits per heavy atom. The van der Waals surface area contributed by atoms with Crippen LogP contribution in [0.4, 0.5) is 0 Å². The summed E-state index contributed by atoms with van der Waals surface area (Å²) in [6.07, 6.45) is 0. The standard InChI is InChI=1S/C17H17BrO3/c1-11-4-7-16(15(18)8-11)21-17(19)10-20-14-6-5-12(2)13(3)9-14/h4-9H,10H2,1-3H3. The Bertz CT molecular complexity index is 665. The van der Waals surface area contributed by atoms with E-state index < -0.39 is 5.97 Å². The molecule has 0 fully saturated rings. The van der Waals surface area contributed by atoms with Crippen LogP contribution in [0.15, 0.2) is 40.9 Å². The molecule has 0 saturated heterocycles. The highest BCUT2D eigenvalue weighted by Gasteiger charge is 2.09. The lowest BCUT2D eigenvalue weighted by atomic mass is 10.1. The zero-order chi connectivity index (χ0) is 15.4. The average Bonchev–Trinajstić information content (AvgIpc) is 2.43. The average molecular weight is 349 g/mol. The second-order valence-electron chi connectivity index (χ2n) is 4.94. The largest absolute Gasteiger partial charge is 0.482 e. The van der Waals surface area contributed by atoms with E-state index in [-0.39, 0.29) is 6.61 Å². The Morgan fingerprint density at radius 1 is 1.05 bits per heavy atom. The fourth-order valence-electron chi connectivity index (χ4n) is 1.79. The first-order valence-electron chi connectivity index (χ1n) is 6.62. The molecule has 2 aromatic carbocycles. The predicted molar refractivity (Wildman–Crippen MR) is 85.9 cm³/mol. The minimum Gasteiger partial charge on any atom is -0.482 e. The number of esters is 1. The normalized spacial score (nSPS) is 10.3. The van der Waals surface area contributed by atoms with Crippen LogP contribution in [-0.2, 0) is 4.79 Å². The summed E-state index contributed by atoms with van der Waals surface area (Å²) >= 11 is 3.37. The van der Waals surface area contributed by atoms with E-state index in [0.29, 0.717) is 11.5 Å². The Kier molecular flexibility index (Phi) is 5.02. The zero-order valence-corrected chi connectivity index (χ0v) is 13.9. The maximum atomic E-state index is 11.8. The number of hydrogen-bond acceptors (Lipinski definition) is 3. The molecule has 0 radical (unpaired) electrons. The van der Waals surface area contributed by atoms with Crippen LogP contribution < -0.4 is 9.47 Å². The van der Waals surface area contributed by atoms with E-state index >= 15 is 0 Å². The molecular formula is C17H17BrO3. The molecule has 0 heterocycles. The van der Waals surface area contributed by atoms with Crippen molar-refractivity contribution in [3.05, 3.63) is 57.6 Å². The highest BCUT2D eigenvalue weighted by atomic mass is 79.9. The summed E-state index contributed by atoms with van der Waals surface area (Å²) in [5.74, 6) is 0.727. The number of halogens is 1. The van der Waals surface area contributed by atoms with Crippen molar-refractivity contribution in [3.63, 3.8) is 0 Å². The lowest BCUT2D eigenvalue weighted by molar-refractivity contribution is -0.136. The van der Waals surface area contributed by atoms with Gasteiger partial charge < -0.3 is 9.47 Å². The molecule has 0 aliphatic heterocycles.